The number of ketones is 1. The maximum Gasteiger partial charge on any atom is 0.387 e. The molecule has 0 bridgehead atoms. The molecule has 0 aliphatic carbocycles. The molecule has 0 radical (unpaired) electrons. The van der Waals surface area contributed by atoms with E-state index in [4.69, 9.17) is 11.6 Å². The van der Waals surface area contributed by atoms with Gasteiger partial charge in [0.2, 0.25) is 0 Å². The summed E-state index contributed by atoms with van der Waals surface area (Å²) < 4.78 is 53.1. The lowest BCUT2D eigenvalue weighted by molar-refractivity contribution is -0.0519. The Morgan fingerprint density at radius 1 is 1.29 bits per heavy atom. The van der Waals surface area contributed by atoms with Gasteiger partial charge in [-0.1, -0.05) is 11.6 Å². The molecule has 0 unspecified atom stereocenters. The van der Waals surface area contributed by atoms with Crippen molar-refractivity contribution in [1.82, 2.24) is 0 Å². The van der Waals surface area contributed by atoms with Crippen LogP contribution in [0, 0.1) is 0 Å². The topological polar surface area (TPSA) is 26.3 Å². The van der Waals surface area contributed by atoms with Crippen LogP contribution in [0.3, 0.4) is 0 Å². The average Bonchev–Trinajstić information content (AvgIpc) is 2.19. The quantitative estimate of drug-likeness (QED) is 0.609. The van der Waals surface area contributed by atoms with Crippen molar-refractivity contribution >= 4 is 17.4 Å². The number of carbonyl (C=O) groups is 1. The Hall–Kier alpha value is -1.30. The monoisotopic (exact) mass is 270 g/mol. The summed E-state index contributed by atoms with van der Waals surface area (Å²) in [7, 11) is 0. The molecule has 1 aromatic rings. The Balaban J connectivity index is 3.33. The largest absolute Gasteiger partial charge is 0.433 e. The molecule has 0 heterocycles. The molecule has 7 heteroatoms. The molecule has 0 saturated heterocycles. The zero-order valence-electron chi connectivity index (χ0n) is 8.52. The molecule has 1 rings (SSSR count). The summed E-state index contributed by atoms with van der Waals surface area (Å²) >= 11 is 5.52. The fourth-order valence-corrected chi connectivity index (χ4v) is 1.46. The summed E-state index contributed by atoms with van der Waals surface area (Å²) in [5.74, 6) is -1.31. The van der Waals surface area contributed by atoms with E-state index in [-0.39, 0.29) is 5.56 Å². The molecule has 0 atom stereocenters. The van der Waals surface area contributed by atoms with Gasteiger partial charge in [-0.15, -0.1) is 0 Å². The van der Waals surface area contributed by atoms with Gasteiger partial charge in [-0.25, -0.2) is 8.78 Å². The fraction of sp³-hybridized carbons (Fsp3) is 0.300. The lowest BCUT2D eigenvalue weighted by Crippen LogP contribution is -2.07. The molecular formula is C10H7ClF4O2. The minimum atomic E-state index is -3.27. The van der Waals surface area contributed by atoms with Crippen molar-refractivity contribution in [2.75, 3.05) is 0 Å². The van der Waals surface area contributed by atoms with Crippen LogP contribution in [0.15, 0.2) is 12.1 Å². The molecular weight excluding hydrogens is 264 g/mol. The third-order valence-electron chi connectivity index (χ3n) is 1.92. The van der Waals surface area contributed by atoms with Crippen molar-refractivity contribution in [1.29, 1.82) is 0 Å². The van der Waals surface area contributed by atoms with Crippen molar-refractivity contribution in [3.63, 3.8) is 0 Å². The third kappa shape index (κ3) is 3.33. The van der Waals surface area contributed by atoms with E-state index >= 15 is 0 Å². The van der Waals surface area contributed by atoms with Crippen molar-refractivity contribution in [2.45, 2.75) is 20.0 Å². The van der Waals surface area contributed by atoms with E-state index < -0.39 is 35.2 Å². The van der Waals surface area contributed by atoms with Gasteiger partial charge in [0.05, 0.1) is 10.6 Å². The van der Waals surface area contributed by atoms with Crippen LogP contribution < -0.4 is 4.74 Å². The number of alkyl halides is 4. The van der Waals surface area contributed by atoms with Crippen LogP contribution in [0.2, 0.25) is 5.02 Å². The lowest BCUT2D eigenvalue weighted by atomic mass is 10.1. The molecule has 1 aromatic carbocycles. The molecule has 0 saturated carbocycles. The second-order valence-electron chi connectivity index (χ2n) is 3.11. The Bertz CT molecular complexity index is 435. The van der Waals surface area contributed by atoms with E-state index in [0.29, 0.717) is 0 Å². The third-order valence-corrected chi connectivity index (χ3v) is 2.20. The van der Waals surface area contributed by atoms with Crippen LogP contribution in [-0.2, 0) is 0 Å². The van der Waals surface area contributed by atoms with Crippen LogP contribution >= 0.6 is 11.6 Å². The number of benzene rings is 1. The van der Waals surface area contributed by atoms with Gasteiger partial charge in [0.1, 0.15) is 0 Å². The van der Waals surface area contributed by atoms with Crippen molar-refractivity contribution < 1.29 is 27.1 Å². The number of carbonyl (C=O) groups excluding carboxylic acids is 1. The average molecular weight is 271 g/mol. The van der Waals surface area contributed by atoms with Gasteiger partial charge in [0.15, 0.2) is 11.5 Å². The van der Waals surface area contributed by atoms with Gasteiger partial charge in [-0.3, -0.25) is 4.79 Å². The van der Waals surface area contributed by atoms with Gasteiger partial charge in [-0.05, 0) is 19.1 Å². The van der Waals surface area contributed by atoms with Crippen LogP contribution in [0.4, 0.5) is 17.6 Å². The first-order valence-electron chi connectivity index (χ1n) is 4.40. The Morgan fingerprint density at radius 2 is 1.88 bits per heavy atom. The number of hydrogen-bond donors (Lipinski definition) is 0. The molecule has 0 aromatic heterocycles. The summed E-state index contributed by atoms with van der Waals surface area (Å²) in [5, 5.41) is -0.451. The van der Waals surface area contributed by atoms with Crippen molar-refractivity contribution in [3.05, 3.63) is 28.3 Å². The number of ether oxygens (including phenoxy) is 1. The van der Waals surface area contributed by atoms with Crippen LogP contribution in [-0.4, -0.2) is 12.4 Å². The number of hydrogen-bond acceptors (Lipinski definition) is 2. The van der Waals surface area contributed by atoms with Gasteiger partial charge in [0, 0.05) is 5.56 Å². The van der Waals surface area contributed by atoms with Gasteiger partial charge < -0.3 is 4.74 Å². The molecule has 0 N–H and O–H groups in total. The molecule has 2 nitrogen and oxygen atoms in total. The van der Waals surface area contributed by atoms with Crippen LogP contribution in [0.25, 0.3) is 0 Å². The normalized spacial score (nSPS) is 11.1. The maximum absolute atomic E-state index is 12.6. The second kappa shape index (κ2) is 5.35. The summed E-state index contributed by atoms with van der Waals surface area (Å²) in [5.41, 5.74) is -0.921. The molecule has 0 fully saturated rings. The first-order chi connectivity index (χ1) is 7.82. The molecule has 0 amide bonds. The summed E-state index contributed by atoms with van der Waals surface area (Å²) in [4.78, 5) is 11.0. The first-order valence-corrected chi connectivity index (χ1v) is 4.78. The van der Waals surface area contributed by atoms with Crippen LogP contribution in [0.5, 0.6) is 5.75 Å². The number of rotatable bonds is 4. The predicted molar refractivity (Wildman–Crippen MR) is 53.0 cm³/mol. The Kier molecular flexibility index (Phi) is 4.34. The van der Waals surface area contributed by atoms with Crippen molar-refractivity contribution in [3.8, 4) is 5.75 Å². The summed E-state index contributed by atoms with van der Waals surface area (Å²) in [6, 6.07) is 1.80. The van der Waals surface area contributed by atoms with Gasteiger partial charge in [-0.2, -0.15) is 8.78 Å². The number of Topliss-reactive ketones (excluding diaryl/α,β-unsaturated/α-hetero) is 1. The molecule has 94 valence electrons. The van der Waals surface area contributed by atoms with E-state index in [1.165, 1.54) is 0 Å². The van der Waals surface area contributed by atoms with Gasteiger partial charge >= 0.3 is 6.61 Å². The lowest BCUT2D eigenvalue weighted by Gasteiger charge is -2.13. The standard InChI is InChI=1S/C10H7ClF4O2/c1-4(16)5-2-6(9(12)13)8(7(11)3-5)17-10(14)15/h2-3,9-10H,1H3. The Morgan fingerprint density at radius 3 is 2.29 bits per heavy atom. The zero-order chi connectivity index (χ0) is 13.2. The highest BCUT2D eigenvalue weighted by molar-refractivity contribution is 6.32. The minimum Gasteiger partial charge on any atom is -0.433 e. The van der Waals surface area contributed by atoms with E-state index in [1.54, 1.807) is 0 Å². The van der Waals surface area contributed by atoms with E-state index in [1.807, 2.05) is 0 Å². The SMILES string of the molecule is CC(=O)c1cc(Cl)c(OC(F)F)c(C(F)F)c1. The van der Waals surface area contributed by atoms with Crippen LogP contribution in [0.1, 0.15) is 29.3 Å². The summed E-state index contributed by atoms with van der Waals surface area (Å²) in [6.07, 6.45) is -3.07. The van der Waals surface area contributed by atoms with E-state index in [0.717, 1.165) is 19.1 Å². The number of halogens is 5. The maximum atomic E-state index is 12.6. The highest BCUT2D eigenvalue weighted by Crippen LogP contribution is 2.37. The smallest absolute Gasteiger partial charge is 0.387 e. The predicted octanol–water partition coefficient (Wildman–Crippen LogP) is 4.08. The zero-order valence-corrected chi connectivity index (χ0v) is 9.27. The highest BCUT2D eigenvalue weighted by atomic mass is 35.5. The fourth-order valence-electron chi connectivity index (χ4n) is 1.19. The molecule has 0 aliphatic heterocycles. The minimum absolute atomic E-state index is 0.0908. The first kappa shape index (κ1) is 13.8. The van der Waals surface area contributed by atoms with Crippen molar-refractivity contribution in [2.24, 2.45) is 0 Å². The molecule has 0 aliphatic rings. The Labute approximate surface area is 99.1 Å². The van der Waals surface area contributed by atoms with E-state index in [9.17, 15) is 22.4 Å². The summed E-state index contributed by atoms with van der Waals surface area (Å²) in [6.45, 7) is -2.12. The molecule has 0 spiro atoms. The molecule has 17 heavy (non-hydrogen) atoms. The second-order valence-corrected chi connectivity index (χ2v) is 3.52. The highest BCUT2D eigenvalue weighted by Gasteiger charge is 2.22. The van der Waals surface area contributed by atoms with Gasteiger partial charge in [0.25, 0.3) is 6.43 Å². The van der Waals surface area contributed by atoms with E-state index in [2.05, 4.69) is 4.74 Å².